The van der Waals surface area contributed by atoms with Crippen molar-refractivity contribution < 1.29 is 22.8 Å². The van der Waals surface area contributed by atoms with Crippen molar-refractivity contribution in [2.45, 2.75) is 30.2 Å². The number of thiophene rings is 1. The molecule has 0 saturated carbocycles. The van der Waals surface area contributed by atoms with Gasteiger partial charge in [0.1, 0.15) is 0 Å². The van der Waals surface area contributed by atoms with Crippen molar-refractivity contribution in [2.75, 3.05) is 5.32 Å². The highest BCUT2D eigenvalue weighted by atomic mass is 32.2. The van der Waals surface area contributed by atoms with Crippen LogP contribution in [0.15, 0.2) is 41.3 Å². The highest BCUT2D eigenvalue weighted by molar-refractivity contribution is 8.00. The molecule has 0 unspecified atom stereocenters. The maximum absolute atomic E-state index is 12.5. The van der Waals surface area contributed by atoms with Gasteiger partial charge in [-0.05, 0) is 43.0 Å². The van der Waals surface area contributed by atoms with E-state index >= 15 is 0 Å². The minimum absolute atomic E-state index is 0.0143. The monoisotopic (exact) mass is 373 g/mol. The summed E-state index contributed by atoms with van der Waals surface area (Å²) >= 11 is 1.06. The fraction of sp³-hybridized carbons (Fsp3) is 0.250. The lowest BCUT2D eigenvalue weighted by Gasteiger charge is -2.12. The van der Waals surface area contributed by atoms with E-state index in [-0.39, 0.29) is 41.0 Å². The highest BCUT2D eigenvalue weighted by Gasteiger charge is 2.30. The number of anilines is 1. The molecule has 1 aromatic carbocycles. The molecule has 1 N–H and O–H groups in total. The van der Waals surface area contributed by atoms with Gasteiger partial charge in [0.05, 0.1) is 10.6 Å². The Morgan fingerprint density at radius 3 is 2.46 bits per heavy atom. The molecular formula is C16H14F3NO2S2. The van der Waals surface area contributed by atoms with Gasteiger partial charge in [0.25, 0.3) is 0 Å². The summed E-state index contributed by atoms with van der Waals surface area (Å²) in [6, 6.07) is 9.21. The van der Waals surface area contributed by atoms with E-state index in [1.807, 2.05) is 13.0 Å². The van der Waals surface area contributed by atoms with Crippen LogP contribution in [0, 0.1) is 6.92 Å². The fourth-order valence-corrected chi connectivity index (χ4v) is 3.39. The third kappa shape index (κ3) is 5.68. The Kier molecular flexibility index (Phi) is 6.06. The van der Waals surface area contributed by atoms with Crippen LogP contribution in [0.3, 0.4) is 0 Å². The summed E-state index contributed by atoms with van der Waals surface area (Å²) < 4.78 is 37.5. The fourth-order valence-electron chi connectivity index (χ4n) is 1.93. The maximum Gasteiger partial charge on any atom is 0.446 e. The van der Waals surface area contributed by atoms with Crippen molar-refractivity contribution >= 4 is 40.5 Å². The van der Waals surface area contributed by atoms with Crippen LogP contribution in [0.4, 0.5) is 18.9 Å². The Hall–Kier alpha value is -1.80. The summed E-state index contributed by atoms with van der Waals surface area (Å²) in [6.07, 6.45) is -0.0683. The van der Waals surface area contributed by atoms with Crippen molar-refractivity contribution in [3.8, 4) is 0 Å². The third-order valence-corrected chi connectivity index (χ3v) is 4.83. The zero-order valence-corrected chi connectivity index (χ0v) is 14.3. The lowest BCUT2D eigenvalue weighted by Crippen LogP contribution is -2.14. The highest BCUT2D eigenvalue weighted by Crippen LogP contribution is 2.40. The number of alkyl halides is 3. The van der Waals surface area contributed by atoms with Gasteiger partial charge in [0.2, 0.25) is 5.91 Å². The number of halogens is 3. The van der Waals surface area contributed by atoms with Crippen molar-refractivity contribution in [3.63, 3.8) is 0 Å². The number of Topliss-reactive ketones (excluding diaryl/α,β-unsaturated/α-hetero) is 1. The second kappa shape index (κ2) is 7.85. The summed E-state index contributed by atoms with van der Waals surface area (Å²) in [4.78, 5) is 25.4. The molecule has 8 heteroatoms. The van der Waals surface area contributed by atoms with Crippen molar-refractivity contribution in [3.05, 3.63) is 46.2 Å². The second-order valence-corrected chi connectivity index (χ2v) is 7.32. The molecule has 128 valence electrons. The zero-order chi connectivity index (χ0) is 17.7. The van der Waals surface area contributed by atoms with E-state index < -0.39 is 11.4 Å². The van der Waals surface area contributed by atoms with Gasteiger partial charge in [-0.3, -0.25) is 9.59 Å². The van der Waals surface area contributed by atoms with Gasteiger partial charge in [0, 0.05) is 22.6 Å². The molecule has 0 saturated heterocycles. The average molecular weight is 373 g/mol. The lowest BCUT2D eigenvalue weighted by molar-refractivity contribution is -0.116. The van der Waals surface area contributed by atoms with E-state index in [2.05, 4.69) is 5.32 Å². The molecule has 0 aliphatic carbocycles. The number of carbonyl (C=O) groups is 2. The zero-order valence-electron chi connectivity index (χ0n) is 12.6. The first-order valence-electron chi connectivity index (χ1n) is 6.99. The molecule has 0 fully saturated rings. The summed E-state index contributed by atoms with van der Waals surface area (Å²) in [6.45, 7) is 1.88. The lowest BCUT2D eigenvalue weighted by atomic mass is 10.2. The largest absolute Gasteiger partial charge is 0.446 e. The first kappa shape index (κ1) is 18.5. The molecule has 0 atom stereocenters. The third-order valence-electron chi connectivity index (χ3n) is 2.98. The number of thioether (sulfide) groups is 1. The minimum Gasteiger partial charge on any atom is -0.325 e. The predicted octanol–water partition coefficient (Wildman–Crippen LogP) is 5.27. The molecule has 0 bridgehead atoms. The molecule has 0 aliphatic rings. The summed E-state index contributed by atoms with van der Waals surface area (Å²) in [7, 11) is 0. The van der Waals surface area contributed by atoms with Gasteiger partial charge in [-0.2, -0.15) is 13.2 Å². The Labute approximate surface area is 145 Å². The van der Waals surface area contributed by atoms with Crippen LogP contribution < -0.4 is 5.32 Å². The Bertz CT molecular complexity index is 741. The molecule has 0 radical (unpaired) electrons. The number of nitrogens with one attached hydrogen (secondary N) is 1. The molecule has 24 heavy (non-hydrogen) atoms. The molecule has 2 aromatic rings. The standard InChI is InChI=1S/C16H14F3NO2S2/c1-10-6-8-14(23-10)12(21)7-9-15(22)20-11-4-2-3-5-13(11)24-16(17,18)19/h2-6,8H,7,9H2,1H3,(H,20,22). The van der Waals surface area contributed by atoms with Crippen LogP contribution in [0.1, 0.15) is 27.4 Å². The van der Waals surface area contributed by atoms with Crippen LogP contribution in [-0.2, 0) is 4.79 Å². The van der Waals surface area contributed by atoms with Crippen molar-refractivity contribution in [1.82, 2.24) is 0 Å². The molecule has 1 amide bonds. The van der Waals surface area contributed by atoms with Gasteiger partial charge in [-0.15, -0.1) is 11.3 Å². The van der Waals surface area contributed by atoms with Crippen LogP contribution in [0.5, 0.6) is 0 Å². The first-order chi connectivity index (χ1) is 11.2. The minimum atomic E-state index is -4.44. The molecule has 1 aromatic heterocycles. The summed E-state index contributed by atoms with van der Waals surface area (Å²) in [5.74, 6) is -0.645. The van der Waals surface area contributed by atoms with Gasteiger partial charge in [-0.1, -0.05) is 12.1 Å². The first-order valence-corrected chi connectivity index (χ1v) is 8.62. The SMILES string of the molecule is Cc1ccc(C(=O)CCC(=O)Nc2ccccc2SC(F)(F)F)s1. The molecule has 2 rings (SSSR count). The summed E-state index contributed by atoms with van der Waals surface area (Å²) in [5, 5.41) is 2.44. The van der Waals surface area contributed by atoms with Crippen molar-refractivity contribution in [2.24, 2.45) is 0 Å². The number of hydrogen-bond acceptors (Lipinski definition) is 4. The normalized spacial score (nSPS) is 11.3. The van der Waals surface area contributed by atoms with Crippen molar-refractivity contribution in [1.29, 1.82) is 0 Å². The Balaban J connectivity index is 1.94. The van der Waals surface area contributed by atoms with Crippen LogP contribution >= 0.6 is 23.1 Å². The predicted molar refractivity (Wildman–Crippen MR) is 89.6 cm³/mol. The van der Waals surface area contributed by atoms with Gasteiger partial charge in [0.15, 0.2) is 5.78 Å². The maximum atomic E-state index is 12.5. The summed E-state index contributed by atoms with van der Waals surface area (Å²) in [5.41, 5.74) is -4.35. The molecule has 0 aliphatic heterocycles. The van der Waals surface area contributed by atoms with Gasteiger partial charge in [-0.25, -0.2) is 0 Å². The number of amides is 1. The molecule has 0 spiro atoms. The number of benzene rings is 1. The number of ketones is 1. The number of hydrogen-bond donors (Lipinski definition) is 1. The van der Waals surface area contributed by atoms with Crippen LogP contribution in [0.25, 0.3) is 0 Å². The molecule has 1 heterocycles. The number of rotatable bonds is 6. The van der Waals surface area contributed by atoms with E-state index in [9.17, 15) is 22.8 Å². The number of carbonyl (C=O) groups excluding carboxylic acids is 2. The van der Waals surface area contributed by atoms with Gasteiger partial charge >= 0.3 is 5.51 Å². The number of para-hydroxylation sites is 1. The smallest absolute Gasteiger partial charge is 0.325 e. The molecular weight excluding hydrogens is 359 g/mol. The van der Waals surface area contributed by atoms with E-state index in [0.29, 0.717) is 4.88 Å². The molecule has 3 nitrogen and oxygen atoms in total. The van der Waals surface area contributed by atoms with Crippen LogP contribution in [0.2, 0.25) is 0 Å². The van der Waals surface area contributed by atoms with E-state index in [1.54, 1.807) is 6.07 Å². The van der Waals surface area contributed by atoms with Crippen LogP contribution in [-0.4, -0.2) is 17.2 Å². The number of aryl methyl sites for hydroxylation is 1. The van der Waals surface area contributed by atoms with E-state index in [0.717, 1.165) is 4.88 Å². The quantitative estimate of drug-likeness (QED) is 0.554. The second-order valence-electron chi connectivity index (χ2n) is 4.93. The van der Waals surface area contributed by atoms with E-state index in [4.69, 9.17) is 0 Å². The average Bonchev–Trinajstić information content (AvgIpc) is 2.92. The topological polar surface area (TPSA) is 46.2 Å². The Morgan fingerprint density at radius 1 is 1.12 bits per heavy atom. The van der Waals surface area contributed by atoms with Gasteiger partial charge < -0.3 is 5.32 Å². The van der Waals surface area contributed by atoms with E-state index in [1.165, 1.54) is 35.6 Å². The Morgan fingerprint density at radius 2 is 1.83 bits per heavy atom.